The minimum absolute atomic E-state index is 0.350. The van der Waals surface area contributed by atoms with Crippen LogP contribution in [0.5, 0.6) is 0 Å². The van der Waals surface area contributed by atoms with Gasteiger partial charge in [0.1, 0.15) is 0 Å². The number of hydrogen-bond donors (Lipinski definition) is 0. The van der Waals surface area contributed by atoms with E-state index in [0.29, 0.717) is 22.0 Å². The van der Waals surface area contributed by atoms with Crippen LogP contribution in [0.2, 0.25) is 0 Å². The Morgan fingerprint density at radius 1 is 1.15 bits per heavy atom. The van der Waals surface area contributed by atoms with Crippen molar-refractivity contribution in [3.63, 3.8) is 0 Å². The maximum Gasteiger partial charge on any atom is 0.188 e. The summed E-state index contributed by atoms with van der Waals surface area (Å²) in [5, 5.41) is 1.44. The van der Waals surface area contributed by atoms with E-state index in [9.17, 15) is 4.79 Å². The first-order valence-corrected chi connectivity index (χ1v) is 9.29. The van der Waals surface area contributed by atoms with Gasteiger partial charge >= 0.3 is 0 Å². The van der Waals surface area contributed by atoms with E-state index in [-0.39, 0.29) is 0 Å². The molecule has 1 aliphatic rings. The zero-order chi connectivity index (χ0) is 14.5. The highest BCUT2D eigenvalue weighted by Crippen LogP contribution is 2.40. The highest BCUT2D eigenvalue weighted by molar-refractivity contribution is 8.15. The molecule has 20 heavy (non-hydrogen) atoms. The monoisotopic (exact) mass is 308 g/mol. The van der Waals surface area contributed by atoms with Crippen molar-refractivity contribution < 1.29 is 4.79 Å². The third kappa shape index (κ3) is 4.29. The molecule has 1 nitrogen and oxygen atoms in total. The average molecular weight is 309 g/mol. The van der Waals surface area contributed by atoms with Crippen molar-refractivity contribution in [2.24, 2.45) is 0 Å². The molecule has 0 spiro atoms. The summed E-state index contributed by atoms with van der Waals surface area (Å²) >= 11 is 3.57. The SMILES string of the molecule is CCC(=O)SC1CCCCC1Sc1ccc(C)c(C)c1. The Bertz CT molecular complexity index is 470. The van der Waals surface area contributed by atoms with Gasteiger partial charge in [0.25, 0.3) is 0 Å². The van der Waals surface area contributed by atoms with Crippen LogP contribution in [0.25, 0.3) is 0 Å². The summed E-state index contributed by atoms with van der Waals surface area (Å²) in [6, 6.07) is 6.72. The number of thioether (sulfide) groups is 2. The first-order valence-electron chi connectivity index (χ1n) is 7.53. The highest BCUT2D eigenvalue weighted by atomic mass is 32.2. The molecule has 0 radical (unpaired) electrons. The van der Waals surface area contributed by atoms with Crippen LogP contribution in [0.15, 0.2) is 23.1 Å². The molecule has 0 aliphatic heterocycles. The van der Waals surface area contributed by atoms with Crippen molar-refractivity contribution in [3.05, 3.63) is 29.3 Å². The zero-order valence-corrected chi connectivity index (χ0v) is 14.3. The van der Waals surface area contributed by atoms with E-state index in [1.54, 1.807) is 11.8 Å². The van der Waals surface area contributed by atoms with Crippen LogP contribution in [0.1, 0.15) is 50.2 Å². The Morgan fingerprint density at radius 3 is 2.50 bits per heavy atom. The normalized spacial score (nSPS) is 22.8. The van der Waals surface area contributed by atoms with E-state index in [0.717, 1.165) is 0 Å². The molecule has 0 heterocycles. The van der Waals surface area contributed by atoms with Gasteiger partial charge in [-0.2, -0.15) is 0 Å². The van der Waals surface area contributed by atoms with Crippen molar-refractivity contribution in [2.75, 3.05) is 0 Å². The van der Waals surface area contributed by atoms with Gasteiger partial charge in [-0.3, -0.25) is 4.79 Å². The van der Waals surface area contributed by atoms with E-state index in [1.807, 2.05) is 18.7 Å². The van der Waals surface area contributed by atoms with Gasteiger partial charge in [0.2, 0.25) is 0 Å². The Balaban J connectivity index is 2.04. The molecule has 0 N–H and O–H groups in total. The lowest BCUT2D eigenvalue weighted by Crippen LogP contribution is -2.25. The second-order valence-electron chi connectivity index (χ2n) is 5.57. The van der Waals surface area contributed by atoms with Gasteiger partial charge in [-0.05, 0) is 49.9 Å². The van der Waals surface area contributed by atoms with Crippen LogP contribution in [0.3, 0.4) is 0 Å². The molecule has 0 aromatic heterocycles. The Kier molecular flexibility index (Phi) is 6.03. The number of carbonyl (C=O) groups excluding carboxylic acids is 1. The third-order valence-corrected chi connectivity index (χ3v) is 6.96. The summed E-state index contributed by atoms with van der Waals surface area (Å²) in [4.78, 5) is 13.1. The van der Waals surface area contributed by atoms with Crippen LogP contribution in [-0.2, 0) is 4.79 Å². The van der Waals surface area contributed by atoms with Crippen LogP contribution < -0.4 is 0 Å². The molecule has 0 bridgehead atoms. The summed E-state index contributed by atoms with van der Waals surface area (Å²) in [5.74, 6) is 0. The molecule has 1 saturated carbocycles. The number of aryl methyl sites for hydroxylation is 2. The molecular weight excluding hydrogens is 284 g/mol. The summed E-state index contributed by atoms with van der Waals surface area (Å²) in [6.45, 7) is 6.29. The second kappa shape index (κ2) is 7.56. The van der Waals surface area contributed by atoms with Gasteiger partial charge in [-0.15, -0.1) is 11.8 Å². The fourth-order valence-electron chi connectivity index (χ4n) is 2.55. The Morgan fingerprint density at radius 2 is 1.85 bits per heavy atom. The smallest absolute Gasteiger partial charge is 0.188 e. The maximum atomic E-state index is 11.7. The van der Waals surface area contributed by atoms with Crippen LogP contribution in [0, 0.1) is 13.8 Å². The lowest BCUT2D eigenvalue weighted by Gasteiger charge is -2.30. The van der Waals surface area contributed by atoms with Crippen molar-refractivity contribution in [2.45, 2.75) is 68.3 Å². The molecule has 1 aromatic carbocycles. The van der Waals surface area contributed by atoms with Gasteiger partial charge in [-0.1, -0.05) is 37.6 Å². The van der Waals surface area contributed by atoms with E-state index in [1.165, 1.54) is 41.7 Å². The van der Waals surface area contributed by atoms with Crippen molar-refractivity contribution in [1.82, 2.24) is 0 Å². The van der Waals surface area contributed by atoms with E-state index < -0.39 is 0 Å². The Labute approximate surface area is 131 Å². The maximum absolute atomic E-state index is 11.7. The predicted molar refractivity (Wildman–Crippen MR) is 90.7 cm³/mol. The van der Waals surface area contributed by atoms with Gasteiger partial charge in [0.05, 0.1) is 0 Å². The van der Waals surface area contributed by atoms with E-state index in [4.69, 9.17) is 0 Å². The van der Waals surface area contributed by atoms with Crippen LogP contribution in [0.4, 0.5) is 0 Å². The number of hydrogen-bond acceptors (Lipinski definition) is 3. The topological polar surface area (TPSA) is 17.1 Å². The molecule has 110 valence electrons. The summed E-state index contributed by atoms with van der Waals surface area (Å²) in [6.07, 6.45) is 5.67. The minimum Gasteiger partial charge on any atom is -0.287 e. The second-order valence-corrected chi connectivity index (χ2v) is 8.18. The van der Waals surface area contributed by atoms with Gasteiger partial charge in [0, 0.05) is 21.8 Å². The standard InChI is InChI=1S/C17H24OS2/c1-4-17(18)20-16-8-6-5-7-15(16)19-14-10-9-12(2)13(3)11-14/h9-11,15-16H,4-8H2,1-3H3. The molecule has 1 fully saturated rings. The first-order chi connectivity index (χ1) is 9.60. The van der Waals surface area contributed by atoms with E-state index >= 15 is 0 Å². The van der Waals surface area contributed by atoms with E-state index in [2.05, 4.69) is 32.0 Å². The summed E-state index contributed by atoms with van der Waals surface area (Å²) in [5.41, 5.74) is 2.71. The third-order valence-electron chi connectivity index (χ3n) is 3.98. The van der Waals surface area contributed by atoms with Gasteiger partial charge in [-0.25, -0.2) is 0 Å². The largest absolute Gasteiger partial charge is 0.287 e. The van der Waals surface area contributed by atoms with Crippen molar-refractivity contribution >= 4 is 28.6 Å². The minimum atomic E-state index is 0.350. The Hall–Kier alpha value is -0.410. The average Bonchev–Trinajstić information content (AvgIpc) is 2.45. The van der Waals surface area contributed by atoms with Crippen molar-refractivity contribution in [3.8, 4) is 0 Å². The molecular formula is C17H24OS2. The molecule has 1 aliphatic carbocycles. The summed E-state index contributed by atoms with van der Waals surface area (Å²) in [7, 11) is 0. The van der Waals surface area contributed by atoms with Gasteiger partial charge in [0.15, 0.2) is 5.12 Å². The number of benzene rings is 1. The molecule has 2 atom stereocenters. The molecule has 1 aromatic rings. The van der Waals surface area contributed by atoms with Crippen molar-refractivity contribution in [1.29, 1.82) is 0 Å². The molecule has 0 amide bonds. The molecule has 0 saturated heterocycles. The lowest BCUT2D eigenvalue weighted by atomic mass is 10.00. The molecule has 2 rings (SSSR count). The fourth-order valence-corrected chi connectivity index (χ4v) is 5.27. The highest BCUT2D eigenvalue weighted by Gasteiger charge is 2.28. The fraction of sp³-hybridized carbons (Fsp3) is 0.588. The molecule has 2 unspecified atom stereocenters. The van der Waals surface area contributed by atoms with Gasteiger partial charge < -0.3 is 0 Å². The predicted octanol–water partition coefficient (Wildman–Crippen LogP) is 5.38. The quantitative estimate of drug-likeness (QED) is 0.743. The van der Waals surface area contributed by atoms with Crippen LogP contribution >= 0.6 is 23.5 Å². The van der Waals surface area contributed by atoms with Crippen LogP contribution in [-0.4, -0.2) is 15.6 Å². The lowest BCUT2D eigenvalue weighted by molar-refractivity contribution is -0.110. The number of carbonyl (C=O) groups is 1. The first kappa shape index (κ1) is 16.0. The summed E-state index contributed by atoms with van der Waals surface area (Å²) < 4.78 is 0. The zero-order valence-electron chi connectivity index (χ0n) is 12.6. The number of rotatable bonds is 4. The molecule has 3 heteroatoms.